The van der Waals surface area contributed by atoms with Crippen molar-refractivity contribution in [2.45, 2.75) is 6.18 Å². The van der Waals surface area contributed by atoms with Crippen molar-refractivity contribution in [3.05, 3.63) is 218 Å². The molecule has 0 aliphatic heterocycles. The number of halogens is 3. The summed E-state index contributed by atoms with van der Waals surface area (Å²) in [5.41, 5.74) is 11.9. The first-order valence-electron chi connectivity index (χ1n) is 20.3. The van der Waals surface area contributed by atoms with Crippen molar-refractivity contribution in [1.82, 2.24) is 9.55 Å². The number of benzene rings is 10. The second-order valence-electron chi connectivity index (χ2n) is 15.4. The number of fused-ring (bicyclic) bond motifs is 5. The largest absolute Gasteiger partial charge is 0.450 e. The summed E-state index contributed by atoms with van der Waals surface area (Å²) in [6, 6.07) is 71.7. The Morgan fingerprint density at radius 2 is 0.754 bits per heavy atom. The van der Waals surface area contributed by atoms with Crippen LogP contribution in [0.4, 0.5) is 13.2 Å². The molecule has 2 nitrogen and oxygen atoms in total. The Bertz CT molecular complexity index is 3310. The van der Waals surface area contributed by atoms with E-state index < -0.39 is 12.0 Å². The predicted octanol–water partition coefficient (Wildman–Crippen LogP) is 15.8. The number of rotatable bonds is 6. The van der Waals surface area contributed by atoms with Gasteiger partial charge in [-0.15, -0.1) is 0 Å². The van der Waals surface area contributed by atoms with Crippen LogP contribution in [0.2, 0.25) is 0 Å². The Morgan fingerprint density at radius 1 is 0.344 bits per heavy atom. The third kappa shape index (κ3) is 6.25. The fraction of sp³-hybridized carbons (Fsp3) is 0.0179. The van der Waals surface area contributed by atoms with E-state index in [1.165, 1.54) is 10.1 Å². The van der Waals surface area contributed by atoms with Crippen LogP contribution in [0, 0.1) is 0 Å². The van der Waals surface area contributed by atoms with Crippen LogP contribution in [0.1, 0.15) is 5.82 Å². The minimum Gasteiger partial charge on any atom is -0.288 e. The van der Waals surface area contributed by atoms with E-state index in [1.807, 2.05) is 36.4 Å². The number of imidazole rings is 1. The predicted molar refractivity (Wildman–Crippen MR) is 246 cm³/mol. The van der Waals surface area contributed by atoms with Gasteiger partial charge in [-0.3, -0.25) is 4.57 Å². The van der Waals surface area contributed by atoms with Crippen molar-refractivity contribution in [2.75, 3.05) is 0 Å². The molecule has 0 radical (unpaired) electrons. The van der Waals surface area contributed by atoms with Gasteiger partial charge in [-0.1, -0.05) is 176 Å². The molecule has 5 heteroatoms. The van der Waals surface area contributed by atoms with Gasteiger partial charge in [0.05, 0.1) is 11.0 Å². The molecule has 0 amide bonds. The normalized spacial score (nSPS) is 11.9. The van der Waals surface area contributed by atoms with Crippen LogP contribution in [-0.2, 0) is 6.18 Å². The Hall–Kier alpha value is -7.76. The van der Waals surface area contributed by atoms with Gasteiger partial charge >= 0.3 is 6.18 Å². The number of hydrogen-bond donors (Lipinski definition) is 0. The quantitative estimate of drug-likeness (QED) is 0.153. The number of hydrogen-bond acceptors (Lipinski definition) is 1. The van der Waals surface area contributed by atoms with Crippen molar-refractivity contribution in [2.24, 2.45) is 0 Å². The van der Waals surface area contributed by atoms with E-state index >= 15 is 0 Å². The third-order valence-corrected chi connectivity index (χ3v) is 11.8. The molecular weight excluding hydrogens is 758 g/mol. The van der Waals surface area contributed by atoms with Crippen molar-refractivity contribution >= 4 is 43.4 Å². The summed E-state index contributed by atoms with van der Waals surface area (Å²) in [4.78, 5) is 4.25. The maximum Gasteiger partial charge on any atom is 0.450 e. The fourth-order valence-corrected chi connectivity index (χ4v) is 9.13. The molecule has 1 heterocycles. The Morgan fingerprint density at radius 3 is 1.26 bits per heavy atom. The molecule has 10 aromatic carbocycles. The minimum absolute atomic E-state index is 0.285. The van der Waals surface area contributed by atoms with Crippen LogP contribution < -0.4 is 0 Å². The second-order valence-corrected chi connectivity index (χ2v) is 15.4. The summed E-state index contributed by atoms with van der Waals surface area (Å²) in [5.74, 6) is -0.948. The average Bonchev–Trinajstić information content (AvgIpc) is 3.72. The average molecular weight is 793 g/mol. The zero-order valence-electron chi connectivity index (χ0n) is 32.7. The third-order valence-electron chi connectivity index (χ3n) is 11.8. The Labute approximate surface area is 350 Å². The highest BCUT2D eigenvalue weighted by molar-refractivity contribution is 6.22. The minimum atomic E-state index is -4.66. The highest BCUT2D eigenvalue weighted by atomic mass is 19.4. The maximum absolute atomic E-state index is 14.6. The van der Waals surface area contributed by atoms with Crippen molar-refractivity contribution in [3.63, 3.8) is 0 Å². The molecule has 0 fully saturated rings. The number of alkyl halides is 3. The van der Waals surface area contributed by atoms with Crippen LogP contribution >= 0.6 is 0 Å². The zero-order chi connectivity index (χ0) is 41.1. The standard InChI is InChI=1S/C56H35F3N2/c57-56(58,59)55-60-51-35-50(44-22-10-15-27-49(44)54(51)61(55)43-20-8-3-9-21-43)38-28-30-39(31-29-38)52-45-23-11-13-25-47(45)53(48-26-14-12-24-46(48)52)42-33-40(36-16-4-1-5-17-36)32-41(34-42)37-18-6-2-7-19-37/h1-35H. The van der Waals surface area contributed by atoms with Crippen LogP contribution in [0.25, 0.3) is 105 Å². The number of nitrogens with zero attached hydrogens (tertiary/aromatic N) is 2. The molecule has 1 aromatic heterocycles. The van der Waals surface area contributed by atoms with Gasteiger partial charge in [-0.2, -0.15) is 13.2 Å². The SMILES string of the molecule is FC(F)(F)c1nc2cc(-c3ccc(-c4c5ccccc5c(-c5cc(-c6ccccc6)cc(-c6ccccc6)c5)c5ccccc45)cc3)c3ccccc3c2n1-c1ccccc1. The molecule has 290 valence electrons. The van der Waals surface area contributed by atoms with E-state index in [2.05, 4.69) is 145 Å². The molecule has 0 saturated heterocycles. The molecule has 0 spiro atoms. The highest BCUT2D eigenvalue weighted by Gasteiger charge is 2.38. The summed E-state index contributed by atoms with van der Waals surface area (Å²) in [5, 5.41) is 6.11. The summed E-state index contributed by atoms with van der Waals surface area (Å²) in [6.07, 6.45) is -4.66. The Kier molecular flexibility index (Phi) is 8.64. The van der Waals surface area contributed by atoms with Gasteiger partial charge in [0.1, 0.15) is 0 Å². The van der Waals surface area contributed by atoms with E-state index in [1.54, 1.807) is 36.4 Å². The van der Waals surface area contributed by atoms with Crippen molar-refractivity contribution in [1.29, 1.82) is 0 Å². The first-order valence-corrected chi connectivity index (χ1v) is 20.3. The van der Waals surface area contributed by atoms with Crippen molar-refractivity contribution in [3.8, 4) is 61.3 Å². The van der Waals surface area contributed by atoms with E-state index in [-0.39, 0.29) is 5.52 Å². The molecule has 0 bridgehead atoms. The van der Waals surface area contributed by atoms with Crippen molar-refractivity contribution < 1.29 is 13.2 Å². The van der Waals surface area contributed by atoms with E-state index in [9.17, 15) is 13.2 Å². The topological polar surface area (TPSA) is 17.8 Å². The molecule has 11 aromatic rings. The lowest BCUT2D eigenvalue weighted by Crippen LogP contribution is -2.13. The molecule has 0 N–H and O–H groups in total. The van der Waals surface area contributed by atoms with Gasteiger partial charge in [-0.05, 0) is 119 Å². The highest BCUT2D eigenvalue weighted by Crippen LogP contribution is 2.46. The zero-order valence-corrected chi connectivity index (χ0v) is 32.7. The van der Waals surface area contributed by atoms with Gasteiger partial charge in [0.2, 0.25) is 5.82 Å². The summed E-state index contributed by atoms with van der Waals surface area (Å²) in [7, 11) is 0. The van der Waals surface area contributed by atoms with Gasteiger partial charge in [-0.25, -0.2) is 4.98 Å². The summed E-state index contributed by atoms with van der Waals surface area (Å²) < 4.78 is 45.2. The number of para-hydroxylation sites is 1. The lowest BCUT2D eigenvalue weighted by molar-refractivity contribution is -0.145. The second kappa shape index (κ2) is 14.5. The summed E-state index contributed by atoms with van der Waals surface area (Å²) >= 11 is 0. The first-order chi connectivity index (χ1) is 29.9. The smallest absolute Gasteiger partial charge is 0.288 e. The van der Waals surface area contributed by atoms with Crippen LogP contribution in [0.5, 0.6) is 0 Å². The first kappa shape index (κ1) is 36.3. The number of aromatic nitrogens is 2. The molecular formula is C56H35F3N2. The van der Waals surface area contributed by atoms with E-state index in [0.717, 1.165) is 77.0 Å². The maximum atomic E-state index is 14.6. The van der Waals surface area contributed by atoms with E-state index in [0.29, 0.717) is 16.6 Å². The van der Waals surface area contributed by atoms with Crippen LogP contribution in [0.3, 0.4) is 0 Å². The van der Waals surface area contributed by atoms with Crippen LogP contribution in [-0.4, -0.2) is 9.55 Å². The lowest BCUT2D eigenvalue weighted by Gasteiger charge is -2.19. The summed E-state index contributed by atoms with van der Waals surface area (Å²) in [6.45, 7) is 0. The van der Waals surface area contributed by atoms with Gasteiger partial charge in [0.25, 0.3) is 0 Å². The Balaban J connectivity index is 1.09. The molecule has 11 rings (SSSR count). The van der Waals surface area contributed by atoms with E-state index in [4.69, 9.17) is 0 Å². The monoisotopic (exact) mass is 792 g/mol. The van der Waals surface area contributed by atoms with Gasteiger partial charge in [0.15, 0.2) is 0 Å². The fourth-order valence-electron chi connectivity index (χ4n) is 9.13. The molecule has 0 atom stereocenters. The molecule has 0 aliphatic carbocycles. The molecule has 61 heavy (non-hydrogen) atoms. The van der Waals surface area contributed by atoms with Crippen LogP contribution in [0.15, 0.2) is 212 Å². The molecule has 0 unspecified atom stereocenters. The lowest BCUT2D eigenvalue weighted by atomic mass is 9.84. The molecule has 0 aliphatic rings. The van der Waals surface area contributed by atoms with Gasteiger partial charge < -0.3 is 0 Å². The molecule has 0 saturated carbocycles. The van der Waals surface area contributed by atoms with Gasteiger partial charge in [0, 0.05) is 11.1 Å².